The van der Waals surface area contributed by atoms with Crippen molar-refractivity contribution in [2.24, 2.45) is 5.92 Å². The number of carbonyl (C=O) groups is 2. The molecule has 1 fully saturated rings. The SMILES string of the molecule is CC(C)CNC(=O)CNC(=O)C1CCCN1. The number of hydrogen-bond acceptors (Lipinski definition) is 3. The van der Waals surface area contributed by atoms with E-state index < -0.39 is 0 Å². The third kappa shape index (κ3) is 4.61. The van der Waals surface area contributed by atoms with Gasteiger partial charge >= 0.3 is 0 Å². The van der Waals surface area contributed by atoms with Crippen LogP contribution in [-0.2, 0) is 9.59 Å². The molecular formula is C11H21N3O2. The van der Waals surface area contributed by atoms with Crippen molar-refractivity contribution in [3.8, 4) is 0 Å². The van der Waals surface area contributed by atoms with Crippen molar-refractivity contribution in [2.75, 3.05) is 19.6 Å². The highest BCUT2D eigenvalue weighted by Crippen LogP contribution is 2.03. The summed E-state index contributed by atoms with van der Waals surface area (Å²) in [6, 6.07) is -0.113. The Hall–Kier alpha value is -1.10. The average Bonchev–Trinajstić information content (AvgIpc) is 2.76. The van der Waals surface area contributed by atoms with Crippen LogP contribution in [0, 0.1) is 5.92 Å². The molecule has 0 spiro atoms. The van der Waals surface area contributed by atoms with Crippen LogP contribution in [0.5, 0.6) is 0 Å². The highest BCUT2D eigenvalue weighted by Gasteiger charge is 2.21. The van der Waals surface area contributed by atoms with E-state index in [2.05, 4.69) is 16.0 Å². The van der Waals surface area contributed by atoms with Gasteiger partial charge in [-0.3, -0.25) is 9.59 Å². The molecular weight excluding hydrogens is 206 g/mol. The lowest BCUT2D eigenvalue weighted by Gasteiger charge is -2.11. The first-order valence-electron chi connectivity index (χ1n) is 5.87. The van der Waals surface area contributed by atoms with Gasteiger partial charge in [-0.05, 0) is 25.3 Å². The predicted octanol–water partition coefficient (Wildman–Crippen LogP) is -0.373. The summed E-state index contributed by atoms with van der Waals surface area (Å²) in [4.78, 5) is 22.9. The van der Waals surface area contributed by atoms with Gasteiger partial charge in [0.2, 0.25) is 11.8 Å². The van der Waals surface area contributed by atoms with Crippen LogP contribution in [0.1, 0.15) is 26.7 Å². The van der Waals surface area contributed by atoms with E-state index in [1.54, 1.807) is 0 Å². The normalized spacial score (nSPS) is 19.8. The summed E-state index contributed by atoms with van der Waals surface area (Å²) in [5, 5.41) is 8.48. The molecule has 0 aromatic carbocycles. The number of hydrogen-bond donors (Lipinski definition) is 3. The second kappa shape index (κ2) is 6.48. The van der Waals surface area contributed by atoms with Crippen LogP contribution in [0.2, 0.25) is 0 Å². The zero-order chi connectivity index (χ0) is 12.0. The molecule has 1 atom stereocenters. The van der Waals surface area contributed by atoms with Crippen LogP contribution in [0.3, 0.4) is 0 Å². The Labute approximate surface area is 96.4 Å². The Bertz CT molecular complexity index is 248. The van der Waals surface area contributed by atoms with Crippen molar-refractivity contribution in [1.29, 1.82) is 0 Å². The Morgan fingerprint density at radius 2 is 2.12 bits per heavy atom. The predicted molar refractivity (Wildman–Crippen MR) is 61.9 cm³/mol. The highest BCUT2D eigenvalue weighted by molar-refractivity contribution is 5.87. The van der Waals surface area contributed by atoms with E-state index in [1.165, 1.54) is 0 Å². The molecule has 16 heavy (non-hydrogen) atoms. The molecule has 0 aliphatic carbocycles. The largest absolute Gasteiger partial charge is 0.354 e. The van der Waals surface area contributed by atoms with Crippen LogP contribution in [0.15, 0.2) is 0 Å². The van der Waals surface area contributed by atoms with E-state index in [-0.39, 0.29) is 24.4 Å². The molecule has 3 N–H and O–H groups in total. The van der Waals surface area contributed by atoms with E-state index in [0.717, 1.165) is 19.4 Å². The first-order chi connectivity index (χ1) is 7.59. The fourth-order valence-corrected chi connectivity index (χ4v) is 1.58. The van der Waals surface area contributed by atoms with Gasteiger partial charge in [0, 0.05) is 6.54 Å². The topological polar surface area (TPSA) is 70.2 Å². The smallest absolute Gasteiger partial charge is 0.239 e. The fourth-order valence-electron chi connectivity index (χ4n) is 1.58. The van der Waals surface area contributed by atoms with Crippen molar-refractivity contribution in [2.45, 2.75) is 32.7 Å². The molecule has 0 aromatic heterocycles. The van der Waals surface area contributed by atoms with Gasteiger partial charge in [-0.15, -0.1) is 0 Å². The molecule has 1 aliphatic rings. The fraction of sp³-hybridized carbons (Fsp3) is 0.818. The van der Waals surface area contributed by atoms with Gasteiger partial charge in [-0.25, -0.2) is 0 Å². The van der Waals surface area contributed by atoms with Gasteiger partial charge in [0.05, 0.1) is 12.6 Å². The zero-order valence-electron chi connectivity index (χ0n) is 10.0. The number of amides is 2. The van der Waals surface area contributed by atoms with Crippen molar-refractivity contribution >= 4 is 11.8 Å². The quantitative estimate of drug-likeness (QED) is 0.600. The molecule has 0 radical (unpaired) electrons. The Balaban J connectivity index is 2.13. The van der Waals surface area contributed by atoms with Crippen LogP contribution in [0.4, 0.5) is 0 Å². The molecule has 1 unspecified atom stereocenters. The molecule has 1 heterocycles. The maximum Gasteiger partial charge on any atom is 0.239 e. The monoisotopic (exact) mass is 227 g/mol. The Morgan fingerprint density at radius 1 is 1.38 bits per heavy atom. The minimum Gasteiger partial charge on any atom is -0.354 e. The summed E-state index contributed by atoms with van der Waals surface area (Å²) in [5.41, 5.74) is 0. The van der Waals surface area contributed by atoms with Crippen LogP contribution >= 0.6 is 0 Å². The molecule has 1 saturated heterocycles. The maximum absolute atomic E-state index is 11.5. The van der Waals surface area contributed by atoms with Crippen LogP contribution < -0.4 is 16.0 Å². The van der Waals surface area contributed by atoms with Gasteiger partial charge in [-0.1, -0.05) is 13.8 Å². The summed E-state index contributed by atoms with van der Waals surface area (Å²) in [7, 11) is 0. The molecule has 0 aromatic rings. The third-order valence-electron chi connectivity index (χ3n) is 2.51. The number of carbonyl (C=O) groups excluding carboxylic acids is 2. The summed E-state index contributed by atoms with van der Waals surface area (Å²) in [6.07, 6.45) is 1.89. The van der Waals surface area contributed by atoms with Crippen LogP contribution in [0.25, 0.3) is 0 Å². The first-order valence-corrected chi connectivity index (χ1v) is 5.87. The van der Waals surface area contributed by atoms with Gasteiger partial charge in [-0.2, -0.15) is 0 Å². The molecule has 1 rings (SSSR count). The second-order valence-corrected chi connectivity index (χ2v) is 4.56. The van der Waals surface area contributed by atoms with E-state index in [1.807, 2.05) is 13.8 Å². The molecule has 0 bridgehead atoms. The van der Waals surface area contributed by atoms with E-state index in [4.69, 9.17) is 0 Å². The molecule has 5 heteroatoms. The van der Waals surface area contributed by atoms with Gasteiger partial charge < -0.3 is 16.0 Å². The maximum atomic E-state index is 11.5. The van der Waals surface area contributed by atoms with E-state index >= 15 is 0 Å². The lowest BCUT2D eigenvalue weighted by Crippen LogP contribution is -2.45. The lowest BCUT2D eigenvalue weighted by atomic mass is 10.2. The second-order valence-electron chi connectivity index (χ2n) is 4.56. The van der Waals surface area contributed by atoms with Crippen molar-refractivity contribution < 1.29 is 9.59 Å². The van der Waals surface area contributed by atoms with Crippen molar-refractivity contribution in [3.05, 3.63) is 0 Å². The van der Waals surface area contributed by atoms with Crippen molar-refractivity contribution in [3.63, 3.8) is 0 Å². The van der Waals surface area contributed by atoms with Gasteiger partial charge in [0.15, 0.2) is 0 Å². The molecule has 0 saturated carbocycles. The van der Waals surface area contributed by atoms with Crippen LogP contribution in [-0.4, -0.2) is 37.5 Å². The Kier molecular flexibility index (Phi) is 5.25. The van der Waals surface area contributed by atoms with Gasteiger partial charge in [0.25, 0.3) is 0 Å². The minimum absolute atomic E-state index is 0.0720. The summed E-state index contributed by atoms with van der Waals surface area (Å²) < 4.78 is 0. The summed E-state index contributed by atoms with van der Waals surface area (Å²) >= 11 is 0. The number of nitrogens with one attached hydrogen (secondary N) is 3. The van der Waals surface area contributed by atoms with Gasteiger partial charge in [0.1, 0.15) is 0 Å². The highest BCUT2D eigenvalue weighted by atomic mass is 16.2. The van der Waals surface area contributed by atoms with E-state index in [9.17, 15) is 9.59 Å². The molecule has 5 nitrogen and oxygen atoms in total. The van der Waals surface area contributed by atoms with Crippen molar-refractivity contribution in [1.82, 2.24) is 16.0 Å². The Morgan fingerprint density at radius 3 is 2.69 bits per heavy atom. The zero-order valence-corrected chi connectivity index (χ0v) is 10.0. The first kappa shape index (κ1) is 13.0. The number of rotatable bonds is 5. The third-order valence-corrected chi connectivity index (χ3v) is 2.51. The van der Waals surface area contributed by atoms with E-state index in [0.29, 0.717) is 12.5 Å². The summed E-state index contributed by atoms with van der Waals surface area (Å²) in [5.74, 6) is 0.230. The lowest BCUT2D eigenvalue weighted by molar-refractivity contribution is -0.127. The molecule has 1 aliphatic heterocycles. The average molecular weight is 227 g/mol. The molecule has 92 valence electrons. The molecule has 2 amide bonds. The summed E-state index contributed by atoms with van der Waals surface area (Å²) in [6.45, 7) is 5.67. The minimum atomic E-state index is -0.125. The standard InChI is InChI=1S/C11H21N3O2/c1-8(2)6-13-10(15)7-14-11(16)9-4-3-5-12-9/h8-9,12H,3-7H2,1-2H3,(H,13,15)(H,14,16).